The van der Waals surface area contributed by atoms with Crippen LogP contribution in [0.2, 0.25) is 0 Å². The average Bonchev–Trinajstić information content (AvgIpc) is 3.47. The fourth-order valence-electron chi connectivity index (χ4n) is 3.61. The summed E-state index contributed by atoms with van der Waals surface area (Å²) < 4.78 is 13.2. The van der Waals surface area contributed by atoms with Crippen LogP contribution in [-0.2, 0) is 7.05 Å². The number of carbonyl (C=O) groups excluding carboxylic acids is 1. The Morgan fingerprint density at radius 2 is 1.87 bits per heavy atom. The normalized spacial score (nSPS) is 13.6. The standard InChI is InChI=1S/C24H21N3O3S/c1-27-12-11-25-23(27)22(16-5-3-2-4-6-16)26-24(28)21-10-9-20(31-21)17-7-8-18-19(15-17)30-14-13-29-18/h2-12,15,22H,13-14H2,1H3,(H,26,28)/t22-/m1/s1. The van der Waals surface area contributed by atoms with Crippen LogP contribution in [0.15, 0.2) is 73.1 Å². The summed E-state index contributed by atoms with van der Waals surface area (Å²) in [5, 5.41) is 3.15. The third-order valence-electron chi connectivity index (χ3n) is 5.18. The molecule has 0 unspecified atom stereocenters. The molecule has 2 aromatic heterocycles. The van der Waals surface area contributed by atoms with E-state index in [1.54, 1.807) is 6.20 Å². The van der Waals surface area contributed by atoms with Gasteiger partial charge in [0, 0.05) is 24.3 Å². The summed E-state index contributed by atoms with van der Waals surface area (Å²) >= 11 is 1.45. The molecule has 5 rings (SSSR count). The van der Waals surface area contributed by atoms with Crippen molar-refractivity contribution in [3.63, 3.8) is 0 Å². The molecule has 0 radical (unpaired) electrons. The number of aromatic nitrogens is 2. The number of nitrogens with one attached hydrogen (secondary N) is 1. The van der Waals surface area contributed by atoms with E-state index >= 15 is 0 Å². The molecule has 3 heterocycles. The smallest absolute Gasteiger partial charge is 0.262 e. The number of imidazole rings is 1. The number of fused-ring (bicyclic) bond motifs is 1. The molecule has 4 aromatic rings. The number of ether oxygens (including phenoxy) is 2. The second-order valence-electron chi connectivity index (χ2n) is 7.24. The Hall–Kier alpha value is -3.58. The molecule has 1 aliphatic heterocycles. The molecule has 2 aromatic carbocycles. The molecule has 1 aliphatic rings. The van der Waals surface area contributed by atoms with E-state index in [1.165, 1.54) is 11.3 Å². The van der Waals surface area contributed by atoms with Crippen LogP contribution in [0.4, 0.5) is 0 Å². The SMILES string of the molecule is Cn1ccnc1[C@H](NC(=O)c1ccc(-c2ccc3c(c2)OCCO3)s1)c1ccccc1. The molecule has 0 spiro atoms. The molecule has 1 N–H and O–H groups in total. The van der Waals surface area contributed by atoms with Crippen LogP contribution >= 0.6 is 11.3 Å². The highest BCUT2D eigenvalue weighted by Gasteiger charge is 2.22. The van der Waals surface area contributed by atoms with Crippen molar-refractivity contribution >= 4 is 17.2 Å². The first-order valence-electron chi connectivity index (χ1n) is 10.0. The van der Waals surface area contributed by atoms with Crippen molar-refractivity contribution in [2.45, 2.75) is 6.04 Å². The molecular weight excluding hydrogens is 410 g/mol. The monoisotopic (exact) mass is 431 g/mol. The van der Waals surface area contributed by atoms with Crippen LogP contribution in [0.3, 0.4) is 0 Å². The highest BCUT2D eigenvalue weighted by molar-refractivity contribution is 7.17. The van der Waals surface area contributed by atoms with Gasteiger partial charge in [0.2, 0.25) is 0 Å². The Morgan fingerprint density at radius 1 is 1.06 bits per heavy atom. The summed E-state index contributed by atoms with van der Waals surface area (Å²) in [4.78, 5) is 19.2. The van der Waals surface area contributed by atoms with Gasteiger partial charge in [0.25, 0.3) is 5.91 Å². The minimum Gasteiger partial charge on any atom is -0.486 e. The summed E-state index contributed by atoms with van der Waals surface area (Å²) in [7, 11) is 1.93. The fourth-order valence-corrected chi connectivity index (χ4v) is 4.52. The maximum Gasteiger partial charge on any atom is 0.262 e. The molecule has 0 bridgehead atoms. The maximum absolute atomic E-state index is 13.1. The first-order chi connectivity index (χ1) is 15.2. The molecular formula is C24H21N3O3S. The lowest BCUT2D eigenvalue weighted by Gasteiger charge is -2.19. The van der Waals surface area contributed by atoms with Gasteiger partial charge in [-0.2, -0.15) is 0 Å². The summed E-state index contributed by atoms with van der Waals surface area (Å²) in [6, 6.07) is 19.2. The van der Waals surface area contributed by atoms with Gasteiger partial charge in [-0.3, -0.25) is 4.79 Å². The predicted octanol–water partition coefficient (Wildman–Crippen LogP) is 4.44. The highest BCUT2D eigenvalue weighted by Crippen LogP contribution is 2.37. The molecule has 0 fully saturated rings. The lowest BCUT2D eigenvalue weighted by molar-refractivity contribution is 0.0945. The first kappa shape index (κ1) is 19.4. The molecule has 31 heavy (non-hydrogen) atoms. The number of amides is 1. The van der Waals surface area contributed by atoms with E-state index in [-0.39, 0.29) is 11.9 Å². The summed E-state index contributed by atoms with van der Waals surface area (Å²) in [6.07, 6.45) is 3.62. The zero-order valence-electron chi connectivity index (χ0n) is 16.9. The van der Waals surface area contributed by atoms with Gasteiger partial charge in [-0.05, 0) is 41.5 Å². The number of aryl methyl sites for hydroxylation is 1. The van der Waals surface area contributed by atoms with E-state index in [0.29, 0.717) is 18.1 Å². The number of rotatable bonds is 5. The van der Waals surface area contributed by atoms with Gasteiger partial charge in [-0.25, -0.2) is 4.98 Å². The molecule has 0 aliphatic carbocycles. The van der Waals surface area contributed by atoms with Gasteiger partial charge in [-0.15, -0.1) is 11.3 Å². The van der Waals surface area contributed by atoms with Crippen molar-refractivity contribution in [2.24, 2.45) is 7.05 Å². The second-order valence-corrected chi connectivity index (χ2v) is 8.32. The fraction of sp³-hybridized carbons (Fsp3) is 0.167. The van der Waals surface area contributed by atoms with E-state index < -0.39 is 0 Å². The Labute approximate surface area is 184 Å². The van der Waals surface area contributed by atoms with Crippen LogP contribution < -0.4 is 14.8 Å². The number of thiophene rings is 1. The molecule has 156 valence electrons. The van der Waals surface area contributed by atoms with Gasteiger partial charge in [0.1, 0.15) is 25.1 Å². The molecule has 0 saturated carbocycles. The van der Waals surface area contributed by atoms with Crippen molar-refractivity contribution in [3.05, 3.63) is 89.3 Å². The zero-order valence-corrected chi connectivity index (χ0v) is 17.8. The lowest BCUT2D eigenvalue weighted by Crippen LogP contribution is -2.30. The maximum atomic E-state index is 13.1. The molecule has 6 nitrogen and oxygen atoms in total. The summed E-state index contributed by atoms with van der Waals surface area (Å²) in [5.74, 6) is 2.14. The van der Waals surface area contributed by atoms with E-state index in [9.17, 15) is 4.79 Å². The van der Waals surface area contributed by atoms with Crippen LogP contribution in [0.1, 0.15) is 27.1 Å². The Kier molecular flexibility index (Phi) is 5.18. The van der Waals surface area contributed by atoms with E-state index in [2.05, 4.69) is 10.3 Å². The van der Waals surface area contributed by atoms with Gasteiger partial charge in [0.05, 0.1) is 4.88 Å². The first-order valence-corrected chi connectivity index (χ1v) is 10.8. The van der Waals surface area contributed by atoms with Crippen LogP contribution in [0.5, 0.6) is 11.5 Å². The number of benzene rings is 2. The largest absolute Gasteiger partial charge is 0.486 e. The summed E-state index contributed by atoms with van der Waals surface area (Å²) in [6.45, 7) is 1.11. The van der Waals surface area contributed by atoms with E-state index in [0.717, 1.165) is 33.3 Å². The third kappa shape index (κ3) is 3.92. The van der Waals surface area contributed by atoms with E-state index in [1.807, 2.05) is 78.5 Å². The van der Waals surface area contributed by atoms with Gasteiger partial charge >= 0.3 is 0 Å². The minimum absolute atomic E-state index is 0.134. The number of hydrogen-bond donors (Lipinski definition) is 1. The molecule has 0 saturated heterocycles. The van der Waals surface area contributed by atoms with Crippen molar-refractivity contribution in [1.82, 2.24) is 14.9 Å². The minimum atomic E-state index is -0.339. The summed E-state index contributed by atoms with van der Waals surface area (Å²) in [5.41, 5.74) is 1.98. The molecule has 7 heteroatoms. The topological polar surface area (TPSA) is 65.4 Å². The van der Waals surface area contributed by atoms with Crippen LogP contribution in [0, 0.1) is 0 Å². The Bertz CT molecular complexity index is 1220. The third-order valence-corrected chi connectivity index (χ3v) is 6.31. The van der Waals surface area contributed by atoms with Gasteiger partial charge < -0.3 is 19.4 Å². The second kappa shape index (κ2) is 8.28. The van der Waals surface area contributed by atoms with E-state index in [4.69, 9.17) is 9.47 Å². The average molecular weight is 432 g/mol. The molecule has 1 atom stereocenters. The Balaban J connectivity index is 1.40. The van der Waals surface area contributed by atoms with Crippen molar-refractivity contribution in [1.29, 1.82) is 0 Å². The van der Waals surface area contributed by atoms with Crippen molar-refractivity contribution in [2.75, 3.05) is 13.2 Å². The Morgan fingerprint density at radius 3 is 2.65 bits per heavy atom. The van der Waals surface area contributed by atoms with Crippen molar-refractivity contribution in [3.8, 4) is 21.9 Å². The zero-order chi connectivity index (χ0) is 21.2. The lowest BCUT2D eigenvalue weighted by atomic mass is 10.1. The van der Waals surface area contributed by atoms with Crippen LogP contribution in [-0.4, -0.2) is 28.7 Å². The predicted molar refractivity (Wildman–Crippen MR) is 120 cm³/mol. The van der Waals surface area contributed by atoms with Crippen LogP contribution in [0.25, 0.3) is 10.4 Å². The quantitative estimate of drug-likeness (QED) is 0.507. The van der Waals surface area contributed by atoms with Crippen molar-refractivity contribution < 1.29 is 14.3 Å². The van der Waals surface area contributed by atoms with Gasteiger partial charge in [0.15, 0.2) is 11.5 Å². The number of nitrogens with zero attached hydrogens (tertiary/aromatic N) is 2. The number of carbonyl (C=O) groups is 1. The number of hydrogen-bond acceptors (Lipinski definition) is 5. The highest BCUT2D eigenvalue weighted by atomic mass is 32.1. The molecule has 1 amide bonds. The van der Waals surface area contributed by atoms with Gasteiger partial charge in [-0.1, -0.05) is 30.3 Å².